The molecule has 0 rings (SSSR count). The number of aldehydes is 1. The second-order valence-corrected chi connectivity index (χ2v) is 8.46. The van der Waals surface area contributed by atoms with E-state index in [1.165, 1.54) is 122 Å². The highest BCUT2D eigenvalue weighted by Crippen LogP contribution is 2.16. The molecule has 0 saturated heterocycles. The third-order valence-corrected chi connectivity index (χ3v) is 5.90. The number of carbonyl (C=O) groups is 1. The first-order valence-corrected chi connectivity index (χ1v) is 12.3. The summed E-state index contributed by atoms with van der Waals surface area (Å²) < 4.78 is 0. The average molecular weight is 367 g/mol. The van der Waals surface area contributed by atoms with Crippen molar-refractivity contribution < 1.29 is 4.79 Å². The van der Waals surface area contributed by atoms with E-state index in [9.17, 15) is 4.79 Å². The van der Waals surface area contributed by atoms with Crippen LogP contribution < -0.4 is 0 Å². The van der Waals surface area contributed by atoms with Gasteiger partial charge in [0, 0.05) is 5.92 Å². The van der Waals surface area contributed by atoms with Crippen molar-refractivity contribution in [3.05, 3.63) is 0 Å². The molecule has 0 aliphatic rings. The fourth-order valence-corrected chi connectivity index (χ4v) is 3.85. The van der Waals surface area contributed by atoms with Crippen LogP contribution in [0.5, 0.6) is 0 Å². The number of unbranched alkanes of at least 4 members (excludes halogenated alkanes) is 18. The zero-order valence-corrected chi connectivity index (χ0v) is 18.4. The zero-order chi connectivity index (χ0) is 19.1. The van der Waals surface area contributed by atoms with Crippen LogP contribution in [0.25, 0.3) is 0 Å². The fraction of sp³-hybridized carbons (Fsp3) is 0.960. The molecule has 1 heteroatoms. The number of rotatable bonds is 22. The molecule has 1 nitrogen and oxygen atoms in total. The highest BCUT2D eigenvalue weighted by Gasteiger charge is 2.03. The van der Waals surface area contributed by atoms with Gasteiger partial charge in [0.25, 0.3) is 0 Å². The molecular formula is C25H50O. The zero-order valence-electron chi connectivity index (χ0n) is 18.4. The molecule has 0 N–H and O–H groups in total. The van der Waals surface area contributed by atoms with Gasteiger partial charge in [-0.3, -0.25) is 0 Å². The van der Waals surface area contributed by atoms with Gasteiger partial charge in [-0.25, -0.2) is 0 Å². The van der Waals surface area contributed by atoms with E-state index in [0.29, 0.717) is 5.92 Å². The van der Waals surface area contributed by atoms with Gasteiger partial charge in [0.1, 0.15) is 6.29 Å². The van der Waals surface area contributed by atoms with Gasteiger partial charge in [0.05, 0.1) is 0 Å². The third kappa shape index (κ3) is 20.0. The summed E-state index contributed by atoms with van der Waals surface area (Å²) >= 11 is 0. The van der Waals surface area contributed by atoms with Crippen LogP contribution in [0.15, 0.2) is 0 Å². The van der Waals surface area contributed by atoms with Crippen molar-refractivity contribution >= 4 is 6.29 Å². The molecule has 1 atom stereocenters. The maximum absolute atomic E-state index is 10.8. The Morgan fingerprint density at radius 2 is 0.808 bits per heavy atom. The predicted octanol–water partition coefficient (Wildman–Crippen LogP) is 9.03. The first-order valence-electron chi connectivity index (χ1n) is 12.3. The van der Waals surface area contributed by atoms with E-state index in [1.54, 1.807) is 0 Å². The number of hydrogen-bond donors (Lipinski definition) is 0. The van der Waals surface area contributed by atoms with E-state index in [-0.39, 0.29) is 0 Å². The summed E-state index contributed by atoms with van der Waals surface area (Å²) in [5, 5.41) is 0. The summed E-state index contributed by atoms with van der Waals surface area (Å²) in [5.41, 5.74) is 0. The Hall–Kier alpha value is -0.330. The summed E-state index contributed by atoms with van der Waals surface area (Å²) in [4.78, 5) is 10.8. The molecule has 0 aliphatic heterocycles. The lowest BCUT2D eigenvalue weighted by atomic mass is 9.99. The van der Waals surface area contributed by atoms with E-state index in [1.807, 2.05) is 0 Å². The Kier molecular flexibility index (Phi) is 22.4. The van der Waals surface area contributed by atoms with Crippen molar-refractivity contribution in [1.29, 1.82) is 0 Å². The van der Waals surface area contributed by atoms with Gasteiger partial charge in [0.15, 0.2) is 0 Å². The molecule has 0 aliphatic carbocycles. The quantitative estimate of drug-likeness (QED) is 0.138. The van der Waals surface area contributed by atoms with Crippen LogP contribution >= 0.6 is 0 Å². The molecule has 0 aromatic heterocycles. The molecule has 0 amide bonds. The minimum absolute atomic E-state index is 0.320. The molecule has 26 heavy (non-hydrogen) atoms. The number of hydrogen-bond acceptors (Lipinski definition) is 1. The fourth-order valence-electron chi connectivity index (χ4n) is 3.85. The summed E-state index contributed by atoms with van der Waals surface area (Å²) in [5.74, 6) is 0.320. The third-order valence-electron chi connectivity index (χ3n) is 5.90. The van der Waals surface area contributed by atoms with E-state index in [0.717, 1.165) is 19.1 Å². The first kappa shape index (κ1) is 25.7. The molecule has 1 unspecified atom stereocenters. The Labute approximate surface area is 166 Å². The van der Waals surface area contributed by atoms with Crippen molar-refractivity contribution in [2.24, 2.45) is 5.92 Å². The van der Waals surface area contributed by atoms with E-state index in [2.05, 4.69) is 13.8 Å². The lowest BCUT2D eigenvalue weighted by Crippen LogP contribution is -1.99. The molecule has 0 fully saturated rings. The maximum atomic E-state index is 10.8. The van der Waals surface area contributed by atoms with E-state index < -0.39 is 0 Å². The smallest absolute Gasteiger partial charge is 0.123 e. The highest BCUT2D eigenvalue weighted by atomic mass is 16.1. The topological polar surface area (TPSA) is 17.1 Å². The second-order valence-electron chi connectivity index (χ2n) is 8.46. The minimum atomic E-state index is 0.320. The molecular weight excluding hydrogens is 316 g/mol. The van der Waals surface area contributed by atoms with Crippen molar-refractivity contribution in [3.8, 4) is 0 Å². The largest absolute Gasteiger partial charge is 0.303 e. The van der Waals surface area contributed by atoms with E-state index >= 15 is 0 Å². The summed E-state index contributed by atoms with van der Waals surface area (Å²) in [7, 11) is 0. The predicted molar refractivity (Wildman–Crippen MR) is 118 cm³/mol. The van der Waals surface area contributed by atoms with Crippen molar-refractivity contribution in [3.63, 3.8) is 0 Å². The van der Waals surface area contributed by atoms with Crippen LogP contribution in [-0.4, -0.2) is 6.29 Å². The van der Waals surface area contributed by atoms with Gasteiger partial charge in [-0.2, -0.15) is 0 Å². The van der Waals surface area contributed by atoms with Crippen LogP contribution in [0.2, 0.25) is 0 Å². The van der Waals surface area contributed by atoms with Gasteiger partial charge in [0.2, 0.25) is 0 Å². The Morgan fingerprint density at radius 1 is 0.500 bits per heavy atom. The van der Waals surface area contributed by atoms with Crippen LogP contribution in [0.3, 0.4) is 0 Å². The number of carbonyl (C=O) groups excluding carboxylic acids is 1. The molecule has 0 heterocycles. The normalized spacial score (nSPS) is 12.4. The second kappa shape index (κ2) is 22.7. The molecule has 0 aromatic carbocycles. The molecule has 0 aromatic rings. The Balaban J connectivity index is 3.04. The lowest BCUT2D eigenvalue weighted by Gasteiger charge is -2.06. The Bertz CT molecular complexity index is 261. The van der Waals surface area contributed by atoms with Crippen LogP contribution in [-0.2, 0) is 4.79 Å². The van der Waals surface area contributed by atoms with Crippen LogP contribution in [0.1, 0.15) is 149 Å². The van der Waals surface area contributed by atoms with Gasteiger partial charge in [-0.05, 0) is 12.8 Å². The van der Waals surface area contributed by atoms with Crippen LogP contribution in [0.4, 0.5) is 0 Å². The summed E-state index contributed by atoms with van der Waals surface area (Å²) in [6, 6.07) is 0. The van der Waals surface area contributed by atoms with Crippen molar-refractivity contribution in [2.45, 2.75) is 149 Å². The standard InChI is InChI=1S/C25H50O/c1-3-5-6-7-8-9-10-11-12-13-14-15-16-17-18-19-20-21-22-23-25(4-2)24-26/h24-25H,3-23H2,1-2H3. The SMILES string of the molecule is CCCCCCCCCCCCCCCCCCCCCC(C=O)CC. The average Bonchev–Trinajstić information content (AvgIpc) is 2.66. The summed E-state index contributed by atoms with van der Waals surface area (Å²) in [6.07, 6.45) is 30.3. The molecule has 0 bridgehead atoms. The van der Waals surface area contributed by atoms with Gasteiger partial charge >= 0.3 is 0 Å². The van der Waals surface area contributed by atoms with Crippen molar-refractivity contribution in [1.82, 2.24) is 0 Å². The van der Waals surface area contributed by atoms with E-state index in [4.69, 9.17) is 0 Å². The summed E-state index contributed by atoms with van der Waals surface area (Å²) in [6.45, 7) is 4.41. The Morgan fingerprint density at radius 3 is 1.08 bits per heavy atom. The minimum Gasteiger partial charge on any atom is -0.303 e. The molecule has 156 valence electrons. The monoisotopic (exact) mass is 366 g/mol. The van der Waals surface area contributed by atoms with Gasteiger partial charge < -0.3 is 4.79 Å². The molecule has 0 radical (unpaired) electrons. The van der Waals surface area contributed by atoms with Crippen LogP contribution in [0, 0.1) is 5.92 Å². The molecule has 0 saturated carbocycles. The highest BCUT2D eigenvalue weighted by molar-refractivity contribution is 5.53. The van der Waals surface area contributed by atoms with Crippen molar-refractivity contribution in [2.75, 3.05) is 0 Å². The molecule has 0 spiro atoms. The van der Waals surface area contributed by atoms with Gasteiger partial charge in [-0.1, -0.05) is 136 Å². The van der Waals surface area contributed by atoms with Gasteiger partial charge in [-0.15, -0.1) is 0 Å². The lowest BCUT2D eigenvalue weighted by molar-refractivity contribution is -0.111. The maximum Gasteiger partial charge on any atom is 0.123 e. The first-order chi connectivity index (χ1) is 12.8.